The molecule has 0 aliphatic rings. The number of hydrogen-bond acceptors (Lipinski definition) is 2. The SMILES string of the molecule is CCNC(=O)Nc1cccnc1Br. The van der Waals surface area contributed by atoms with Gasteiger partial charge in [0.25, 0.3) is 0 Å². The van der Waals surface area contributed by atoms with Gasteiger partial charge in [0.2, 0.25) is 0 Å². The van der Waals surface area contributed by atoms with Crippen LogP contribution in [0.5, 0.6) is 0 Å². The average Bonchev–Trinajstić information content (AvgIpc) is 2.09. The van der Waals surface area contributed by atoms with Crippen molar-refractivity contribution in [3.8, 4) is 0 Å². The standard InChI is InChI=1S/C8H10BrN3O/c1-2-10-8(13)12-6-4-3-5-11-7(6)9/h3-5H,2H2,1H3,(H2,10,12,13). The van der Waals surface area contributed by atoms with E-state index in [-0.39, 0.29) is 6.03 Å². The average molecular weight is 244 g/mol. The largest absolute Gasteiger partial charge is 0.338 e. The van der Waals surface area contributed by atoms with Gasteiger partial charge in [0.15, 0.2) is 0 Å². The molecule has 0 bridgehead atoms. The highest BCUT2D eigenvalue weighted by Gasteiger charge is 2.02. The van der Waals surface area contributed by atoms with Crippen molar-refractivity contribution in [2.75, 3.05) is 11.9 Å². The minimum Gasteiger partial charge on any atom is -0.338 e. The summed E-state index contributed by atoms with van der Waals surface area (Å²) in [6.45, 7) is 2.46. The highest BCUT2D eigenvalue weighted by molar-refractivity contribution is 9.10. The van der Waals surface area contributed by atoms with Gasteiger partial charge in [0.05, 0.1) is 5.69 Å². The number of nitrogens with one attached hydrogen (secondary N) is 2. The predicted molar refractivity (Wildman–Crippen MR) is 54.6 cm³/mol. The van der Waals surface area contributed by atoms with Gasteiger partial charge >= 0.3 is 6.03 Å². The second kappa shape index (κ2) is 4.81. The number of hydrogen-bond donors (Lipinski definition) is 2. The number of nitrogens with zero attached hydrogens (tertiary/aromatic N) is 1. The normalized spacial score (nSPS) is 9.38. The van der Waals surface area contributed by atoms with Crippen LogP contribution in [-0.2, 0) is 0 Å². The minimum atomic E-state index is -0.226. The van der Waals surface area contributed by atoms with Gasteiger partial charge in [-0.25, -0.2) is 9.78 Å². The monoisotopic (exact) mass is 243 g/mol. The molecule has 1 aromatic heterocycles. The van der Waals surface area contributed by atoms with Gasteiger partial charge in [0.1, 0.15) is 4.60 Å². The molecule has 0 unspecified atom stereocenters. The lowest BCUT2D eigenvalue weighted by molar-refractivity contribution is 0.252. The van der Waals surface area contributed by atoms with Crippen LogP contribution < -0.4 is 10.6 Å². The van der Waals surface area contributed by atoms with Crippen molar-refractivity contribution in [1.29, 1.82) is 0 Å². The van der Waals surface area contributed by atoms with Gasteiger partial charge in [-0.15, -0.1) is 0 Å². The Hall–Kier alpha value is -1.10. The molecule has 70 valence electrons. The van der Waals surface area contributed by atoms with Crippen LogP contribution in [0.4, 0.5) is 10.5 Å². The number of anilines is 1. The molecular formula is C8H10BrN3O. The Bertz CT molecular complexity index is 303. The van der Waals surface area contributed by atoms with E-state index in [1.165, 1.54) is 0 Å². The third-order valence-corrected chi connectivity index (χ3v) is 1.98. The van der Waals surface area contributed by atoms with Crippen LogP contribution in [0.3, 0.4) is 0 Å². The number of halogens is 1. The molecule has 1 rings (SSSR count). The van der Waals surface area contributed by atoms with Crippen LogP contribution in [-0.4, -0.2) is 17.6 Å². The maximum Gasteiger partial charge on any atom is 0.319 e. The molecule has 4 nitrogen and oxygen atoms in total. The smallest absolute Gasteiger partial charge is 0.319 e. The first-order valence-corrected chi connectivity index (χ1v) is 4.68. The van der Waals surface area contributed by atoms with E-state index < -0.39 is 0 Å². The maximum absolute atomic E-state index is 11.1. The number of pyridine rings is 1. The number of rotatable bonds is 2. The molecule has 0 saturated carbocycles. The van der Waals surface area contributed by atoms with E-state index in [9.17, 15) is 4.79 Å². The van der Waals surface area contributed by atoms with E-state index in [2.05, 4.69) is 31.5 Å². The van der Waals surface area contributed by atoms with Crippen LogP contribution in [0.25, 0.3) is 0 Å². The Morgan fingerprint density at radius 1 is 1.69 bits per heavy atom. The Balaban J connectivity index is 2.63. The number of aromatic nitrogens is 1. The van der Waals surface area contributed by atoms with Crippen LogP contribution in [0.1, 0.15) is 6.92 Å². The fourth-order valence-electron chi connectivity index (χ4n) is 0.806. The molecule has 1 aromatic rings. The minimum absolute atomic E-state index is 0.226. The molecule has 0 atom stereocenters. The summed E-state index contributed by atoms with van der Waals surface area (Å²) in [5, 5.41) is 5.27. The third-order valence-electron chi connectivity index (χ3n) is 1.34. The van der Waals surface area contributed by atoms with Gasteiger partial charge in [-0.1, -0.05) is 0 Å². The summed E-state index contributed by atoms with van der Waals surface area (Å²) >= 11 is 3.22. The van der Waals surface area contributed by atoms with Crippen molar-refractivity contribution in [3.05, 3.63) is 22.9 Å². The molecule has 1 heterocycles. The quantitative estimate of drug-likeness (QED) is 0.781. The molecule has 0 aliphatic heterocycles. The van der Waals surface area contributed by atoms with Crippen molar-refractivity contribution in [2.45, 2.75) is 6.92 Å². The highest BCUT2D eigenvalue weighted by Crippen LogP contribution is 2.17. The van der Waals surface area contributed by atoms with Crippen molar-refractivity contribution in [3.63, 3.8) is 0 Å². The van der Waals surface area contributed by atoms with E-state index in [0.29, 0.717) is 16.8 Å². The molecule has 0 spiro atoms. The summed E-state index contributed by atoms with van der Waals surface area (Å²) in [7, 11) is 0. The molecule has 0 aliphatic carbocycles. The number of amides is 2. The summed E-state index contributed by atoms with van der Waals surface area (Å²) in [5.74, 6) is 0. The number of carbonyl (C=O) groups is 1. The van der Waals surface area contributed by atoms with Gasteiger partial charge in [-0.3, -0.25) is 0 Å². The van der Waals surface area contributed by atoms with Crippen molar-refractivity contribution >= 4 is 27.6 Å². The van der Waals surface area contributed by atoms with Crippen molar-refractivity contribution in [2.24, 2.45) is 0 Å². The molecule has 0 aromatic carbocycles. The second-order valence-electron chi connectivity index (χ2n) is 2.33. The predicted octanol–water partition coefficient (Wildman–Crippen LogP) is 1.99. The van der Waals surface area contributed by atoms with E-state index in [0.717, 1.165) is 0 Å². The lowest BCUT2D eigenvalue weighted by Crippen LogP contribution is -2.28. The lowest BCUT2D eigenvalue weighted by Gasteiger charge is -2.06. The Morgan fingerprint density at radius 3 is 3.08 bits per heavy atom. The number of carbonyl (C=O) groups excluding carboxylic acids is 1. The zero-order chi connectivity index (χ0) is 9.68. The topological polar surface area (TPSA) is 54.0 Å². The number of urea groups is 1. The summed E-state index contributed by atoms with van der Waals surface area (Å²) in [6, 6.07) is 3.30. The fraction of sp³-hybridized carbons (Fsp3) is 0.250. The summed E-state index contributed by atoms with van der Waals surface area (Å²) in [4.78, 5) is 15.1. The van der Waals surface area contributed by atoms with Gasteiger partial charge < -0.3 is 10.6 Å². The molecule has 0 fully saturated rings. The Morgan fingerprint density at radius 2 is 2.46 bits per heavy atom. The van der Waals surface area contributed by atoms with Crippen LogP contribution in [0, 0.1) is 0 Å². The molecular weight excluding hydrogens is 234 g/mol. The summed E-state index contributed by atoms with van der Waals surface area (Å²) < 4.78 is 0.626. The summed E-state index contributed by atoms with van der Waals surface area (Å²) in [5.41, 5.74) is 0.661. The Labute approximate surface area is 84.9 Å². The molecule has 5 heteroatoms. The molecule has 0 radical (unpaired) electrons. The summed E-state index contributed by atoms with van der Waals surface area (Å²) in [6.07, 6.45) is 1.65. The maximum atomic E-state index is 11.1. The molecule has 2 N–H and O–H groups in total. The fourth-order valence-corrected chi connectivity index (χ4v) is 1.16. The first kappa shape index (κ1) is 9.98. The van der Waals surface area contributed by atoms with Crippen molar-refractivity contribution < 1.29 is 4.79 Å². The zero-order valence-electron chi connectivity index (χ0n) is 7.17. The van der Waals surface area contributed by atoms with Gasteiger partial charge in [-0.2, -0.15) is 0 Å². The first-order chi connectivity index (χ1) is 6.24. The van der Waals surface area contributed by atoms with E-state index in [1.54, 1.807) is 18.3 Å². The zero-order valence-corrected chi connectivity index (χ0v) is 8.76. The molecule has 0 saturated heterocycles. The Kier molecular flexibility index (Phi) is 3.70. The molecule has 13 heavy (non-hydrogen) atoms. The van der Waals surface area contributed by atoms with E-state index in [4.69, 9.17) is 0 Å². The van der Waals surface area contributed by atoms with Crippen molar-refractivity contribution in [1.82, 2.24) is 10.3 Å². The molecule has 2 amide bonds. The second-order valence-corrected chi connectivity index (χ2v) is 3.08. The van der Waals surface area contributed by atoms with Gasteiger partial charge in [0, 0.05) is 12.7 Å². The lowest BCUT2D eigenvalue weighted by atomic mass is 10.4. The van der Waals surface area contributed by atoms with Crippen LogP contribution in [0.15, 0.2) is 22.9 Å². The third kappa shape index (κ3) is 3.02. The van der Waals surface area contributed by atoms with E-state index >= 15 is 0 Å². The highest BCUT2D eigenvalue weighted by atomic mass is 79.9. The van der Waals surface area contributed by atoms with Gasteiger partial charge in [-0.05, 0) is 35.0 Å². The van der Waals surface area contributed by atoms with E-state index in [1.807, 2.05) is 6.92 Å². The van der Waals surface area contributed by atoms with Crippen LogP contribution >= 0.6 is 15.9 Å². The van der Waals surface area contributed by atoms with Crippen LogP contribution in [0.2, 0.25) is 0 Å². The first-order valence-electron chi connectivity index (χ1n) is 3.89.